The molecule has 0 saturated carbocycles. The summed E-state index contributed by atoms with van der Waals surface area (Å²) in [5.74, 6) is 2.54. The van der Waals surface area contributed by atoms with E-state index in [1.54, 1.807) is 18.1 Å². The van der Waals surface area contributed by atoms with Crippen LogP contribution in [0.15, 0.2) is 35.6 Å². The topological polar surface area (TPSA) is 67.1 Å². The fraction of sp³-hybridized carbons (Fsp3) is 0.526. The Kier molecular flexibility index (Phi) is 12.1. The molecule has 2 rings (SSSR count). The molecule has 0 bridgehead atoms. The average Bonchev–Trinajstić information content (AvgIpc) is 3.15. The summed E-state index contributed by atoms with van der Waals surface area (Å²) >= 11 is 1.72. The molecule has 0 amide bonds. The first kappa shape index (κ1) is 26.5. The van der Waals surface area contributed by atoms with E-state index >= 15 is 0 Å². The van der Waals surface area contributed by atoms with Crippen molar-refractivity contribution in [2.24, 2.45) is 4.99 Å². The third kappa shape index (κ3) is 9.11. The third-order valence-corrected chi connectivity index (χ3v) is 4.80. The summed E-state index contributed by atoms with van der Waals surface area (Å²) < 4.78 is 39.9. The van der Waals surface area contributed by atoms with Crippen molar-refractivity contribution >= 4 is 41.7 Å². The number of hydrogen-bond donors (Lipinski definition) is 2. The molecule has 6 nitrogen and oxygen atoms in total. The smallest absolute Gasteiger partial charge is 0.356 e. The monoisotopic (exact) mass is 556 g/mol. The highest BCUT2D eigenvalue weighted by Gasteiger charge is 2.29. The van der Waals surface area contributed by atoms with Crippen LogP contribution < -0.4 is 10.6 Å². The Morgan fingerprint density at radius 2 is 1.87 bits per heavy atom. The van der Waals surface area contributed by atoms with E-state index in [1.165, 1.54) is 12.1 Å². The van der Waals surface area contributed by atoms with Crippen LogP contribution in [0.3, 0.4) is 0 Å². The van der Waals surface area contributed by atoms with E-state index in [2.05, 4.69) is 25.8 Å². The molecule has 0 aliphatic heterocycles. The van der Waals surface area contributed by atoms with E-state index in [4.69, 9.17) is 0 Å². The van der Waals surface area contributed by atoms with Crippen molar-refractivity contribution < 1.29 is 13.2 Å². The Bertz CT molecular complexity index is 764. The maximum absolute atomic E-state index is 12.6. The minimum Gasteiger partial charge on any atom is -0.356 e. The van der Waals surface area contributed by atoms with E-state index in [0.29, 0.717) is 32.0 Å². The first-order chi connectivity index (χ1) is 13.9. The molecule has 1 aromatic carbocycles. The standard InChI is InChI=1S/C19H27F3N6S.HI/c1-3-17-27-26-14-28(17)12-10-24-18(25-11-13-29-2)23-9-8-15-4-6-16(7-5-15)19(20,21)22;/h4-7,14H,3,8-13H2,1-2H3,(H2,23,24,25);1H. The van der Waals surface area contributed by atoms with Crippen LogP contribution >= 0.6 is 35.7 Å². The van der Waals surface area contributed by atoms with E-state index < -0.39 is 11.7 Å². The molecule has 2 aromatic rings. The number of aliphatic imine (C=N–C) groups is 1. The summed E-state index contributed by atoms with van der Waals surface area (Å²) in [7, 11) is 0. The molecule has 0 spiro atoms. The normalized spacial score (nSPS) is 11.8. The highest BCUT2D eigenvalue weighted by Crippen LogP contribution is 2.29. The van der Waals surface area contributed by atoms with Gasteiger partial charge in [-0.1, -0.05) is 19.1 Å². The number of benzene rings is 1. The van der Waals surface area contributed by atoms with Crippen LogP contribution in [-0.4, -0.2) is 52.4 Å². The lowest BCUT2D eigenvalue weighted by Gasteiger charge is -2.14. The molecule has 1 heterocycles. The number of aromatic nitrogens is 3. The van der Waals surface area contributed by atoms with Gasteiger partial charge in [-0.05, 0) is 30.4 Å². The second kappa shape index (κ2) is 13.7. The molecule has 0 saturated heterocycles. The van der Waals surface area contributed by atoms with Gasteiger partial charge in [-0.25, -0.2) is 0 Å². The van der Waals surface area contributed by atoms with Crippen LogP contribution in [0.1, 0.15) is 23.9 Å². The minimum absolute atomic E-state index is 0. The van der Waals surface area contributed by atoms with E-state index in [-0.39, 0.29) is 24.0 Å². The second-order valence-corrected chi connectivity index (χ2v) is 7.30. The number of guanidine groups is 1. The van der Waals surface area contributed by atoms with Crippen LogP contribution in [0.2, 0.25) is 0 Å². The van der Waals surface area contributed by atoms with Gasteiger partial charge in [-0.2, -0.15) is 24.9 Å². The van der Waals surface area contributed by atoms with E-state index in [1.807, 2.05) is 17.7 Å². The fourth-order valence-corrected chi connectivity index (χ4v) is 2.92. The number of hydrogen-bond acceptors (Lipinski definition) is 4. The predicted molar refractivity (Wildman–Crippen MR) is 127 cm³/mol. The summed E-state index contributed by atoms with van der Waals surface area (Å²) in [6.45, 7) is 4.67. The molecule has 0 atom stereocenters. The van der Waals surface area contributed by atoms with Gasteiger partial charge < -0.3 is 15.2 Å². The van der Waals surface area contributed by atoms with E-state index in [9.17, 15) is 13.2 Å². The lowest BCUT2D eigenvalue weighted by Crippen LogP contribution is -2.40. The van der Waals surface area contributed by atoms with Crippen LogP contribution in [-0.2, 0) is 25.6 Å². The number of alkyl halides is 3. The molecule has 0 aliphatic carbocycles. The molecule has 0 radical (unpaired) electrons. The lowest BCUT2D eigenvalue weighted by atomic mass is 10.1. The Morgan fingerprint density at radius 3 is 2.50 bits per heavy atom. The van der Waals surface area contributed by atoms with Crippen molar-refractivity contribution in [3.63, 3.8) is 0 Å². The number of nitrogens with one attached hydrogen (secondary N) is 2. The molecule has 1 aromatic heterocycles. The molecule has 0 unspecified atom stereocenters. The van der Waals surface area contributed by atoms with E-state index in [0.717, 1.165) is 42.2 Å². The van der Waals surface area contributed by atoms with Gasteiger partial charge in [0.05, 0.1) is 12.1 Å². The maximum Gasteiger partial charge on any atom is 0.416 e. The second-order valence-electron chi connectivity index (χ2n) is 6.32. The van der Waals surface area contributed by atoms with Crippen LogP contribution in [0.5, 0.6) is 0 Å². The quantitative estimate of drug-likeness (QED) is 0.203. The van der Waals surface area contributed by atoms with Gasteiger partial charge >= 0.3 is 6.18 Å². The van der Waals surface area contributed by atoms with Crippen LogP contribution in [0.25, 0.3) is 0 Å². The van der Waals surface area contributed by atoms with Crippen molar-refractivity contribution in [2.45, 2.75) is 32.5 Å². The Balaban J connectivity index is 0.00000450. The number of rotatable bonds is 10. The molecule has 11 heteroatoms. The minimum atomic E-state index is -4.31. The highest BCUT2D eigenvalue weighted by atomic mass is 127. The van der Waals surface area contributed by atoms with Gasteiger partial charge in [0, 0.05) is 31.8 Å². The SMILES string of the molecule is CCc1nncn1CCNC(=NCCSC)NCCc1ccc(C(F)(F)F)cc1.I. The zero-order valence-corrected chi connectivity index (χ0v) is 20.2. The number of halogens is 4. The van der Waals surface area contributed by atoms with Gasteiger partial charge in [0.2, 0.25) is 0 Å². The first-order valence-corrected chi connectivity index (χ1v) is 10.9. The van der Waals surface area contributed by atoms with Gasteiger partial charge in [0.25, 0.3) is 0 Å². The Labute approximate surface area is 196 Å². The van der Waals surface area contributed by atoms with Gasteiger partial charge in [-0.15, -0.1) is 34.2 Å². The molecule has 2 N–H and O–H groups in total. The van der Waals surface area contributed by atoms with Crippen molar-refractivity contribution in [1.29, 1.82) is 0 Å². The average molecular weight is 556 g/mol. The van der Waals surface area contributed by atoms with Gasteiger partial charge in [-0.3, -0.25) is 4.99 Å². The maximum atomic E-state index is 12.6. The molecule has 168 valence electrons. The molecule has 30 heavy (non-hydrogen) atoms. The van der Waals surface area contributed by atoms with Crippen LogP contribution in [0.4, 0.5) is 13.2 Å². The first-order valence-electron chi connectivity index (χ1n) is 9.48. The summed E-state index contributed by atoms with van der Waals surface area (Å²) in [4.78, 5) is 4.54. The molecular weight excluding hydrogens is 528 g/mol. The highest BCUT2D eigenvalue weighted by molar-refractivity contribution is 14.0. The number of thioether (sulfide) groups is 1. The summed E-state index contributed by atoms with van der Waals surface area (Å²) in [5, 5.41) is 14.5. The number of nitrogens with zero attached hydrogens (tertiary/aromatic N) is 4. The van der Waals surface area contributed by atoms with Gasteiger partial charge in [0.1, 0.15) is 12.2 Å². The van der Waals surface area contributed by atoms with Crippen molar-refractivity contribution in [3.8, 4) is 0 Å². The Morgan fingerprint density at radius 1 is 1.17 bits per heavy atom. The molecule has 0 fully saturated rings. The van der Waals surface area contributed by atoms with Crippen molar-refractivity contribution in [3.05, 3.63) is 47.5 Å². The molecule has 0 aliphatic rings. The number of aryl methyl sites for hydroxylation is 1. The third-order valence-electron chi connectivity index (χ3n) is 4.21. The van der Waals surface area contributed by atoms with Crippen molar-refractivity contribution in [1.82, 2.24) is 25.4 Å². The summed E-state index contributed by atoms with van der Waals surface area (Å²) in [6, 6.07) is 5.26. The van der Waals surface area contributed by atoms with Crippen LogP contribution in [0, 0.1) is 0 Å². The largest absolute Gasteiger partial charge is 0.416 e. The predicted octanol–water partition coefficient (Wildman–Crippen LogP) is 3.62. The lowest BCUT2D eigenvalue weighted by molar-refractivity contribution is -0.137. The zero-order chi connectivity index (χ0) is 21.1. The fourth-order valence-electron chi connectivity index (χ4n) is 2.64. The molecular formula is C19H28F3IN6S. The Hall–Kier alpha value is -1.50. The summed E-state index contributed by atoms with van der Waals surface area (Å²) in [6.07, 6.45) is 0.856. The zero-order valence-electron chi connectivity index (χ0n) is 17.1. The van der Waals surface area contributed by atoms with Crippen molar-refractivity contribution in [2.75, 3.05) is 31.6 Å². The summed E-state index contributed by atoms with van der Waals surface area (Å²) in [5.41, 5.74) is 0.210. The van der Waals surface area contributed by atoms with Gasteiger partial charge in [0.15, 0.2) is 5.96 Å².